The number of ether oxygens (including phenoxy) is 2. The molecule has 0 saturated carbocycles. The van der Waals surface area contributed by atoms with E-state index in [4.69, 9.17) is 9.47 Å². The van der Waals surface area contributed by atoms with Crippen LogP contribution in [0.3, 0.4) is 0 Å². The Hall–Kier alpha value is -2.03. The summed E-state index contributed by atoms with van der Waals surface area (Å²) in [7, 11) is 1.54. The lowest BCUT2D eigenvalue weighted by molar-refractivity contribution is -0.138. The SMILES string of the molecule is COCCC(=O)N1CCN2c3ncc(C(F)(F)F)cc3OC[C@@H]2C1. The van der Waals surface area contributed by atoms with E-state index in [1.165, 1.54) is 7.11 Å². The van der Waals surface area contributed by atoms with E-state index in [0.29, 0.717) is 38.5 Å². The van der Waals surface area contributed by atoms with Gasteiger partial charge in [-0.15, -0.1) is 0 Å². The van der Waals surface area contributed by atoms with E-state index >= 15 is 0 Å². The quantitative estimate of drug-likeness (QED) is 0.832. The number of rotatable bonds is 3. The van der Waals surface area contributed by atoms with E-state index in [-0.39, 0.29) is 24.3 Å². The average Bonchev–Trinajstić information content (AvgIpc) is 2.57. The van der Waals surface area contributed by atoms with Gasteiger partial charge in [0, 0.05) is 32.9 Å². The largest absolute Gasteiger partial charge is 0.487 e. The molecule has 0 radical (unpaired) electrons. The second-order valence-corrected chi connectivity index (χ2v) is 5.78. The molecule has 1 aromatic heterocycles. The van der Waals surface area contributed by atoms with Gasteiger partial charge in [0.15, 0.2) is 11.6 Å². The maximum atomic E-state index is 12.8. The first-order valence-electron chi connectivity index (χ1n) is 7.63. The van der Waals surface area contributed by atoms with Crippen LogP contribution >= 0.6 is 0 Å². The Balaban J connectivity index is 1.73. The van der Waals surface area contributed by atoms with Crippen LogP contribution in [0.25, 0.3) is 0 Å². The molecule has 3 heterocycles. The van der Waals surface area contributed by atoms with Crippen LogP contribution in [-0.2, 0) is 15.7 Å². The molecular formula is C15H18F3N3O3. The standard InChI is InChI=1S/C15H18F3N3O3/c1-23-5-2-13(22)20-3-4-21-11(8-20)9-24-12-6-10(15(16,17)18)7-19-14(12)21/h6-7,11H,2-5,8-9H2,1H3/t11-/m0/s1. The highest BCUT2D eigenvalue weighted by Gasteiger charge is 2.38. The maximum absolute atomic E-state index is 12.8. The molecule has 6 nitrogen and oxygen atoms in total. The molecule has 1 amide bonds. The van der Waals surface area contributed by atoms with E-state index in [1.54, 1.807) is 4.90 Å². The number of pyridine rings is 1. The summed E-state index contributed by atoms with van der Waals surface area (Å²) < 4.78 is 48.7. The summed E-state index contributed by atoms with van der Waals surface area (Å²) in [6.45, 7) is 2.07. The highest BCUT2D eigenvalue weighted by molar-refractivity contribution is 5.76. The molecular weight excluding hydrogens is 327 g/mol. The lowest BCUT2D eigenvalue weighted by Gasteiger charge is -2.44. The molecule has 9 heteroatoms. The number of methoxy groups -OCH3 is 1. The highest BCUT2D eigenvalue weighted by Crippen LogP contribution is 2.38. The zero-order valence-corrected chi connectivity index (χ0v) is 13.2. The molecule has 0 N–H and O–H groups in total. The smallest absolute Gasteiger partial charge is 0.418 e. The van der Waals surface area contributed by atoms with Gasteiger partial charge in [-0.3, -0.25) is 4.79 Å². The fraction of sp³-hybridized carbons (Fsp3) is 0.600. The molecule has 0 unspecified atom stereocenters. The number of halogens is 3. The number of aromatic nitrogens is 1. The number of hydrogen-bond donors (Lipinski definition) is 0. The van der Waals surface area contributed by atoms with Gasteiger partial charge in [-0.25, -0.2) is 4.98 Å². The first kappa shape index (κ1) is 16.8. The number of anilines is 1. The summed E-state index contributed by atoms with van der Waals surface area (Å²) >= 11 is 0. The third-order valence-electron chi connectivity index (χ3n) is 4.22. The van der Waals surface area contributed by atoms with Crippen molar-refractivity contribution in [3.63, 3.8) is 0 Å². The fourth-order valence-corrected chi connectivity index (χ4v) is 2.95. The Kier molecular flexibility index (Phi) is 4.53. The predicted molar refractivity (Wildman–Crippen MR) is 78.9 cm³/mol. The van der Waals surface area contributed by atoms with E-state index in [9.17, 15) is 18.0 Å². The number of carbonyl (C=O) groups excluding carboxylic acids is 1. The minimum atomic E-state index is -4.45. The van der Waals surface area contributed by atoms with Gasteiger partial charge in [0.1, 0.15) is 6.61 Å². The van der Waals surface area contributed by atoms with Crippen molar-refractivity contribution in [3.8, 4) is 5.75 Å². The molecule has 0 spiro atoms. The van der Waals surface area contributed by atoms with Crippen LogP contribution in [0.1, 0.15) is 12.0 Å². The van der Waals surface area contributed by atoms with E-state index in [2.05, 4.69) is 4.98 Å². The molecule has 1 atom stereocenters. The Morgan fingerprint density at radius 2 is 2.25 bits per heavy atom. The summed E-state index contributed by atoms with van der Waals surface area (Å²) in [6.07, 6.45) is -3.32. The molecule has 2 aliphatic rings. The van der Waals surface area contributed by atoms with Crippen molar-refractivity contribution >= 4 is 11.7 Å². The van der Waals surface area contributed by atoms with Gasteiger partial charge in [-0.2, -0.15) is 13.2 Å². The van der Waals surface area contributed by atoms with E-state index in [1.807, 2.05) is 4.90 Å². The third kappa shape index (κ3) is 3.26. The van der Waals surface area contributed by atoms with Crippen molar-refractivity contribution in [1.29, 1.82) is 0 Å². The molecule has 2 aliphatic heterocycles. The molecule has 0 aliphatic carbocycles. The van der Waals surface area contributed by atoms with Crippen LogP contribution in [0.15, 0.2) is 12.3 Å². The van der Waals surface area contributed by atoms with Crippen LogP contribution in [-0.4, -0.2) is 61.8 Å². The molecule has 24 heavy (non-hydrogen) atoms. The molecule has 0 bridgehead atoms. The topological polar surface area (TPSA) is 54.9 Å². The molecule has 1 fully saturated rings. The Morgan fingerprint density at radius 3 is 2.96 bits per heavy atom. The minimum Gasteiger partial charge on any atom is -0.487 e. The minimum absolute atomic E-state index is 0.00248. The summed E-state index contributed by atoms with van der Waals surface area (Å²) in [4.78, 5) is 19.7. The van der Waals surface area contributed by atoms with Crippen molar-refractivity contribution in [2.75, 3.05) is 44.9 Å². The monoisotopic (exact) mass is 345 g/mol. The van der Waals surface area contributed by atoms with Gasteiger partial charge in [-0.05, 0) is 6.07 Å². The number of hydrogen-bond acceptors (Lipinski definition) is 5. The normalized spacial score (nSPS) is 20.2. The lowest BCUT2D eigenvalue weighted by Crippen LogP contribution is -2.58. The van der Waals surface area contributed by atoms with Gasteiger partial charge in [0.2, 0.25) is 5.91 Å². The Morgan fingerprint density at radius 1 is 1.46 bits per heavy atom. The van der Waals surface area contributed by atoms with E-state index < -0.39 is 11.7 Å². The van der Waals surface area contributed by atoms with Crippen LogP contribution in [0, 0.1) is 0 Å². The fourth-order valence-electron chi connectivity index (χ4n) is 2.95. The molecule has 1 saturated heterocycles. The van der Waals surface area contributed by atoms with Gasteiger partial charge >= 0.3 is 6.18 Å². The molecule has 3 rings (SSSR count). The van der Waals surface area contributed by atoms with Gasteiger partial charge in [0.25, 0.3) is 0 Å². The van der Waals surface area contributed by atoms with Crippen LogP contribution in [0.4, 0.5) is 19.0 Å². The van der Waals surface area contributed by atoms with Crippen LogP contribution < -0.4 is 9.64 Å². The summed E-state index contributed by atoms with van der Waals surface area (Å²) in [5.41, 5.74) is -0.826. The molecule has 1 aromatic rings. The van der Waals surface area contributed by atoms with Gasteiger partial charge in [-0.1, -0.05) is 0 Å². The first-order chi connectivity index (χ1) is 11.4. The van der Waals surface area contributed by atoms with Crippen molar-refractivity contribution in [1.82, 2.24) is 9.88 Å². The highest BCUT2D eigenvalue weighted by atomic mass is 19.4. The number of alkyl halides is 3. The maximum Gasteiger partial charge on any atom is 0.418 e. The summed E-state index contributed by atoms with van der Waals surface area (Å²) in [5.74, 6) is 0.547. The van der Waals surface area contributed by atoms with Crippen molar-refractivity contribution < 1.29 is 27.4 Å². The van der Waals surface area contributed by atoms with Crippen molar-refractivity contribution in [2.24, 2.45) is 0 Å². The van der Waals surface area contributed by atoms with E-state index in [0.717, 1.165) is 12.3 Å². The Bertz CT molecular complexity index is 624. The second-order valence-electron chi connectivity index (χ2n) is 5.78. The number of carbonyl (C=O) groups is 1. The van der Waals surface area contributed by atoms with Gasteiger partial charge < -0.3 is 19.3 Å². The van der Waals surface area contributed by atoms with Crippen molar-refractivity contribution in [2.45, 2.75) is 18.6 Å². The number of nitrogens with zero attached hydrogens (tertiary/aromatic N) is 3. The summed E-state index contributed by atoms with van der Waals surface area (Å²) in [5, 5.41) is 0. The number of piperazine rings is 1. The van der Waals surface area contributed by atoms with Crippen molar-refractivity contribution in [3.05, 3.63) is 17.8 Å². The second kappa shape index (κ2) is 6.46. The van der Waals surface area contributed by atoms with Crippen LogP contribution in [0.5, 0.6) is 5.75 Å². The molecule has 0 aromatic carbocycles. The predicted octanol–water partition coefficient (Wildman–Crippen LogP) is 1.55. The zero-order chi connectivity index (χ0) is 17.3. The molecule has 132 valence electrons. The number of fused-ring (bicyclic) bond motifs is 3. The Labute approximate surface area is 137 Å². The van der Waals surface area contributed by atoms with Gasteiger partial charge in [0.05, 0.1) is 24.6 Å². The lowest BCUT2D eigenvalue weighted by atomic mass is 10.1. The first-order valence-corrected chi connectivity index (χ1v) is 7.63. The zero-order valence-electron chi connectivity index (χ0n) is 13.2. The third-order valence-corrected chi connectivity index (χ3v) is 4.22. The average molecular weight is 345 g/mol. The number of amides is 1. The van der Waals surface area contributed by atoms with Crippen LogP contribution in [0.2, 0.25) is 0 Å². The summed E-state index contributed by atoms with van der Waals surface area (Å²) in [6, 6.07) is 0.872.